The molecule has 0 saturated heterocycles. The molecule has 116 heavy (non-hydrogen) atoms. The maximum Gasteiger partial charge on any atom is 0.164 e. The van der Waals surface area contributed by atoms with Gasteiger partial charge in [-0.3, -0.25) is 0 Å². The van der Waals surface area contributed by atoms with Crippen LogP contribution in [0.5, 0.6) is 0 Å². The summed E-state index contributed by atoms with van der Waals surface area (Å²) < 4.78 is 9.85. The molecule has 9 nitrogen and oxygen atoms in total. The zero-order valence-electron chi connectivity index (χ0n) is 62.7. The van der Waals surface area contributed by atoms with Gasteiger partial charge < -0.3 is 18.3 Å². The van der Waals surface area contributed by atoms with Crippen molar-refractivity contribution in [2.75, 3.05) is 0 Å². The Balaban J connectivity index is 0.000000137. The summed E-state index contributed by atoms with van der Waals surface area (Å²) in [6.07, 6.45) is 0. The van der Waals surface area contributed by atoms with Crippen molar-refractivity contribution in [2.24, 2.45) is 0 Å². The molecule has 24 aromatic rings. The number of rotatable bonds is 10. The molecule has 6 aromatic heterocycles. The minimum atomic E-state index is 0.624. The van der Waals surface area contributed by atoms with Gasteiger partial charge in [0, 0.05) is 98.6 Å². The first-order chi connectivity index (χ1) is 57.5. The Morgan fingerprint density at radius 1 is 0.164 bits per heavy atom. The molecule has 0 amide bonds. The third-order valence-corrected chi connectivity index (χ3v) is 23.2. The Hall–Kier alpha value is -15.7. The van der Waals surface area contributed by atoms with Crippen LogP contribution in [0.3, 0.4) is 0 Å². The second-order valence-corrected chi connectivity index (χ2v) is 29.9. The molecule has 6 heterocycles. The van der Waals surface area contributed by atoms with E-state index in [2.05, 4.69) is 364 Å². The minimum Gasteiger partial charge on any atom is -0.309 e. The fourth-order valence-corrected chi connectivity index (χ4v) is 17.9. The molecule has 0 aliphatic rings. The smallest absolute Gasteiger partial charge is 0.164 e. The Kier molecular flexibility index (Phi) is 15.4. The number of nitrogens with zero attached hydrogens (tertiary/aromatic N) is 9. The van der Waals surface area contributed by atoms with Crippen LogP contribution >= 0.6 is 0 Å². The first-order valence-corrected chi connectivity index (χ1v) is 39.4. The van der Waals surface area contributed by atoms with Gasteiger partial charge in [0.2, 0.25) is 0 Å². The molecular formula is C107H67N9. The summed E-state index contributed by atoms with van der Waals surface area (Å²) in [5.41, 5.74) is 21.4. The summed E-state index contributed by atoms with van der Waals surface area (Å²) in [6.45, 7) is 0. The number of hydrogen-bond acceptors (Lipinski definition) is 5. The Morgan fingerprint density at radius 3 is 0.922 bits per heavy atom. The summed E-state index contributed by atoms with van der Waals surface area (Å²) in [6, 6.07) is 145. The molecule has 9 heteroatoms. The van der Waals surface area contributed by atoms with Crippen molar-refractivity contribution in [1.82, 2.24) is 43.2 Å². The van der Waals surface area contributed by atoms with Crippen LogP contribution in [0, 0.1) is 0 Å². The van der Waals surface area contributed by atoms with E-state index in [0.29, 0.717) is 23.3 Å². The van der Waals surface area contributed by atoms with Gasteiger partial charge in [0.05, 0.1) is 66.9 Å². The van der Waals surface area contributed by atoms with Gasteiger partial charge in [-0.1, -0.05) is 315 Å². The van der Waals surface area contributed by atoms with Crippen LogP contribution in [0.1, 0.15) is 0 Å². The molecule has 18 aromatic carbocycles. The lowest BCUT2D eigenvalue weighted by Gasteiger charge is -2.15. The van der Waals surface area contributed by atoms with Gasteiger partial charge in [-0.05, 0) is 123 Å². The van der Waals surface area contributed by atoms with Crippen molar-refractivity contribution < 1.29 is 0 Å². The lowest BCUT2D eigenvalue weighted by Crippen LogP contribution is -2.02. The van der Waals surface area contributed by atoms with Gasteiger partial charge in [-0.25, -0.2) is 24.9 Å². The van der Waals surface area contributed by atoms with Crippen LogP contribution in [-0.4, -0.2) is 43.2 Å². The summed E-state index contributed by atoms with van der Waals surface area (Å²) in [7, 11) is 0. The van der Waals surface area contributed by atoms with Crippen molar-refractivity contribution in [3.63, 3.8) is 0 Å². The van der Waals surface area contributed by atoms with Crippen LogP contribution < -0.4 is 0 Å². The van der Waals surface area contributed by atoms with Gasteiger partial charge in [-0.2, -0.15) is 0 Å². The van der Waals surface area contributed by atoms with E-state index in [9.17, 15) is 0 Å². The standard InChI is InChI=1S/C54H34N4.C53H33N5/c1-3-16-36(17-4-1)46-34-47(56-54(55-46)37-18-5-2-6-19-37)40-31-39-21-9-10-22-42(39)51(33-40)58-49-26-14-12-24-45(49)52-50(58)30-29-44-43-23-11-13-25-48(43)57(53(44)52)41-28-27-35-15-7-8-20-38(35)32-41;1-3-16-35(17-4-1)51-54-52(36-18-5-2-6-19-36)56-53(55-51)39-31-38-21-9-10-22-41(38)48(33-39)58-46-26-14-12-24-44(46)49-47(58)30-29-43-42-23-11-13-25-45(42)57(50(43)49)40-28-27-34-15-7-8-20-37(34)32-40/h1-34H;1-33H. The first kappa shape index (κ1) is 66.1. The van der Waals surface area contributed by atoms with Crippen LogP contribution in [0.15, 0.2) is 406 Å². The molecule has 0 unspecified atom stereocenters. The number of aromatic nitrogens is 9. The van der Waals surface area contributed by atoms with Crippen molar-refractivity contribution >= 4 is 130 Å². The molecule has 0 aliphatic carbocycles. The highest BCUT2D eigenvalue weighted by atomic mass is 15.1. The number of benzene rings is 18. The number of fused-ring (bicyclic) bond motifs is 18. The predicted molar refractivity (Wildman–Crippen MR) is 482 cm³/mol. The molecule has 540 valence electrons. The van der Waals surface area contributed by atoms with Gasteiger partial charge in [0.1, 0.15) is 0 Å². The fraction of sp³-hybridized carbons (Fsp3) is 0. The largest absolute Gasteiger partial charge is 0.309 e. The van der Waals surface area contributed by atoms with E-state index in [1.807, 2.05) is 60.7 Å². The fourth-order valence-electron chi connectivity index (χ4n) is 17.9. The van der Waals surface area contributed by atoms with E-state index in [-0.39, 0.29) is 0 Å². The summed E-state index contributed by atoms with van der Waals surface area (Å²) in [5.74, 6) is 2.60. The maximum atomic E-state index is 5.26. The van der Waals surface area contributed by atoms with E-state index in [4.69, 9.17) is 24.9 Å². The second kappa shape index (κ2) is 27.1. The summed E-state index contributed by atoms with van der Waals surface area (Å²) >= 11 is 0. The van der Waals surface area contributed by atoms with Crippen molar-refractivity contribution in [3.05, 3.63) is 406 Å². The van der Waals surface area contributed by atoms with Gasteiger partial charge in [0.15, 0.2) is 23.3 Å². The molecule has 0 saturated carbocycles. The van der Waals surface area contributed by atoms with Crippen LogP contribution in [0.2, 0.25) is 0 Å². The van der Waals surface area contributed by atoms with Crippen LogP contribution in [0.25, 0.3) is 221 Å². The highest BCUT2D eigenvalue weighted by molar-refractivity contribution is 6.28. The van der Waals surface area contributed by atoms with E-state index >= 15 is 0 Å². The van der Waals surface area contributed by atoms with Crippen molar-refractivity contribution in [2.45, 2.75) is 0 Å². The normalized spacial score (nSPS) is 11.8. The molecule has 0 bridgehead atoms. The molecule has 0 N–H and O–H groups in total. The third kappa shape index (κ3) is 10.9. The molecular weight excluding hydrogens is 1410 g/mol. The molecule has 0 radical (unpaired) electrons. The van der Waals surface area contributed by atoms with Crippen molar-refractivity contribution in [3.8, 4) is 90.8 Å². The molecule has 24 rings (SSSR count). The highest BCUT2D eigenvalue weighted by Crippen LogP contribution is 2.47. The molecule has 0 spiro atoms. The lowest BCUT2D eigenvalue weighted by atomic mass is 10.0. The summed E-state index contributed by atoms with van der Waals surface area (Å²) in [4.78, 5) is 25.6. The van der Waals surface area contributed by atoms with E-state index < -0.39 is 0 Å². The zero-order valence-corrected chi connectivity index (χ0v) is 62.7. The molecule has 0 atom stereocenters. The van der Waals surface area contributed by atoms with Crippen LogP contribution in [-0.2, 0) is 0 Å². The Bertz CT molecular complexity index is 7490. The van der Waals surface area contributed by atoms with Crippen LogP contribution in [0.4, 0.5) is 0 Å². The Morgan fingerprint density at radius 2 is 0.483 bits per heavy atom. The second-order valence-electron chi connectivity index (χ2n) is 29.9. The molecule has 0 aliphatic heterocycles. The highest BCUT2D eigenvalue weighted by Gasteiger charge is 2.26. The lowest BCUT2D eigenvalue weighted by molar-refractivity contribution is 1.07. The predicted octanol–water partition coefficient (Wildman–Crippen LogP) is 27.4. The zero-order chi connectivity index (χ0) is 76.3. The molecule has 0 fully saturated rings. The Labute approximate surface area is 666 Å². The minimum absolute atomic E-state index is 0.624. The maximum absolute atomic E-state index is 5.26. The van der Waals surface area contributed by atoms with Gasteiger partial charge in [-0.15, -0.1) is 0 Å². The van der Waals surface area contributed by atoms with Gasteiger partial charge >= 0.3 is 0 Å². The first-order valence-electron chi connectivity index (χ1n) is 39.4. The number of hydrogen-bond donors (Lipinski definition) is 0. The monoisotopic (exact) mass is 1480 g/mol. The van der Waals surface area contributed by atoms with Gasteiger partial charge in [0.25, 0.3) is 0 Å². The summed E-state index contributed by atoms with van der Waals surface area (Å²) in [5, 5.41) is 19.2. The van der Waals surface area contributed by atoms with E-state index in [1.54, 1.807) is 0 Å². The van der Waals surface area contributed by atoms with E-state index in [1.165, 1.54) is 92.1 Å². The van der Waals surface area contributed by atoms with E-state index in [0.717, 1.165) is 106 Å². The third-order valence-electron chi connectivity index (χ3n) is 23.2. The average molecular weight is 1480 g/mol. The topological polar surface area (TPSA) is 84.2 Å². The average Bonchev–Trinajstić information content (AvgIpc) is 1.54. The SMILES string of the molecule is c1ccc(-c2cc(-c3cc(-n4c5ccccc5c5c4ccc4c6ccccc6n(-c6ccc7ccccc7c6)c45)c4ccccc4c3)nc(-c3ccccc3)n2)cc1.c1ccc(-c2nc(-c3ccccc3)nc(-c3cc(-n4c5ccccc5c5c4ccc4c6ccccc6n(-c6ccc7ccccc7c6)c45)c4ccccc4c3)n2)cc1. The number of para-hydroxylation sites is 4. The quantitative estimate of drug-likeness (QED) is 0.136. The van der Waals surface area contributed by atoms with Crippen molar-refractivity contribution in [1.29, 1.82) is 0 Å².